The van der Waals surface area contributed by atoms with Crippen LogP contribution in [0.25, 0.3) is 11.3 Å². The molecule has 2 aliphatic rings. The summed E-state index contributed by atoms with van der Waals surface area (Å²) < 4.78 is 11.4. The van der Waals surface area contributed by atoms with Crippen LogP contribution in [0.4, 0.5) is 4.79 Å². The highest BCUT2D eigenvalue weighted by atomic mass is 16.6. The summed E-state index contributed by atoms with van der Waals surface area (Å²) in [6.07, 6.45) is 1.35. The maximum atomic E-state index is 12.6. The lowest BCUT2D eigenvalue weighted by atomic mass is 10.0. The van der Waals surface area contributed by atoms with E-state index in [4.69, 9.17) is 9.15 Å². The number of ether oxygens (including phenoxy) is 1. The fourth-order valence-electron chi connectivity index (χ4n) is 3.84. The fourth-order valence-corrected chi connectivity index (χ4v) is 3.84. The molecule has 3 heterocycles. The molecular formula is C21H24N2O4. The van der Waals surface area contributed by atoms with Crippen molar-refractivity contribution in [1.82, 2.24) is 9.80 Å². The number of likely N-dealkylation sites (N-methyl/N-ethyl adjacent to an activating group) is 1. The number of rotatable bonds is 4. The van der Waals surface area contributed by atoms with E-state index in [0.717, 1.165) is 17.1 Å². The van der Waals surface area contributed by atoms with Crippen molar-refractivity contribution in [3.05, 3.63) is 47.7 Å². The molecule has 4 rings (SSSR count). The van der Waals surface area contributed by atoms with Crippen LogP contribution in [0.2, 0.25) is 0 Å². The van der Waals surface area contributed by atoms with Crippen LogP contribution in [0, 0.1) is 6.92 Å². The zero-order valence-electron chi connectivity index (χ0n) is 15.7. The summed E-state index contributed by atoms with van der Waals surface area (Å²) in [6.45, 7) is 3.71. The maximum Gasteiger partial charge on any atom is 0.410 e. The Balaban J connectivity index is 1.32. The van der Waals surface area contributed by atoms with Crippen molar-refractivity contribution in [2.75, 3.05) is 26.7 Å². The number of nitrogens with zero attached hydrogens (tertiary/aromatic N) is 2. The zero-order valence-corrected chi connectivity index (χ0v) is 15.7. The van der Waals surface area contributed by atoms with Crippen LogP contribution >= 0.6 is 0 Å². The Morgan fingerprint density at radius 3 is 2.63 bits per heavy atom. The van der Waals surface area contributed by atoms with E-state index in [-0.39, 0.29) is 12.0 Å². The van der Waals surface area contributed by atoms with Crippen LogP contribution in [0.5, 0.6) is 0 Å². The van der Waals surface area contributed by atoms with Crippen molar-refractivity contribution in [2.24, 2.45) is 0 Å². The van der Waals surface area contributed by atoms with Gasteiger partial charge in [0.1, 0.15) is 11.5 Å². The van der Waals surface area contributed by atoms with Gasteiger partial charge in [0.15, 0.2) is 5.60 Å². The molecule has 0 saturated carbocycles. The third-order valence-corrected chi connectivity index (χ3v) is 5.39. The quantitative estimate of drug-likeness (QED) is 0.831. The highest BCUT2D eigenvalue weighted by Gasteiger charge is 2.49. The Kier molecular flexibility index (Phi) is 4.42. The third-order valence-electron chi connectivity index (χ3n) is 5.39. The Bertz CT molecular complexity index is 857. The molecule has 1 aromatic carbocycles. The molecule has 0 radical (unpaired) electrons. The first kappa shape index (κ1) is 17.6. The van der Waals surface area contributed by atoms with Crippen LogP contribution in [-0.4, -0.2) is 54.1 Å². The second-order valence-electron chi connectivity index (χ2n) is 7.60. The molecule has 6 heteroatoms. The van der Waals surface area contributed by atoms with E-state index < -0.39 is 5.60 Å². The highest BCUT2D eigenvalue weighted by Crippen LogP contribution is 2.32. The molecule has 0 N–H and O–H groups in total. The molecule has 0 aliphatic carbocycles. The largest absolute Gasteiger partial charge is 0.461 e. The van der Waals surface area contributed by atoms with Crippen LogP contribution in [0.1, 0.15) is 24.2 Å². The second kappa shape index (κ2) is 6.76. The van der Waals surface area contributed by atoms with Gasteiger partial charge < -0.3 is 19.0 Å². The summed E-state index contributed by atoms with van der Waals surface area (Å²) in [5, 5.41) is 0. The predicted octanol–water partition coefficient (Wildman–Crippen LogP) is 3.24. The van der Waals surface area contributed by atoms with E-state index in [2.05, 4.69) is 19.1 Å². The number of aryl methyl sites for hydroxylation is 2. The number of hydrogen-bond donors (Lipinski definition) is 0. The Hall–Kier alpha value is -2.76. The Labute approximate surface area is 158 Å². The van der Waals surface area contributed by atoms with Crippen molar-refractivity contribution < 1.29 is 18.7 Å². The van der Waals surface area contributed by atoms with E-state index in [9.17, 15) is 9.59 Å². The minimum atomic E-state index is -0.523. The Morgan fingerprint density at radius 1 is 1.15 bits per heavy atom. The zero-order chi connectivity index (χ0) is 19.0. The van der Waals surface area contributed by atoms with Gasteiger partial charge in [-0.15, -0.1) is 0 Å². The summed E-state index contributed by atoms with van der Waals surface area (Å²) >= 11 is 0. The molecule has 2 amide bonds. The minimum Gasteiger partial charge on any atom is -0.461 e. The first-order chi connectivity index (χ1) is 12.9. The molecule has 2 aromatic rings. The molecule has 142 valence electrons. The van der Waals surface area contributed by atoms with Crippen molar-refractivity contribution >= 4 is 12.0 Å². The van der Waals surface area contributed by atoms with Crippen molar-refractivity contribution in [2.45, 2.75) is 31.8 Å². The highest BCUT2D eigenvalue weighted by molar-refractivity contribution is 5.77. The van der Waals surface area contributed by atoms with E-state index in [1.807, 2.05) is 24.3 Å². The molecule has 2 aliphatic heterocycles. The van der Waals surface area contributed by atoms with E-state index in [0.29, 0.717) is 38.9 Å². The van der Waals surface area contributed by atoms with Crippen LogP contribution in [0.3, 0.4) is 0 Å². The Morgan fingerprint density at radius 2 is 1.93 bits per heavy atom. The van der Waals surface area contributed by atoms with Gasteiger partial charge in [0, 0.05) is 38.4 Å². The molecule has 1 atom stereocenters. The van der Waals surface area contributed by atoms with Crippen molar-refractivity contribution in [3.8, 4) is 11.3 Å². The average Bonchev–Trinajstić information content (AvgIpc) is 3.34. The first-order valence-corrected chi connectivity index (χ1v) is 9.32. The van der Waals surface area contributed by atoms with Crippen molar-refractivity contribution in [3.63, 3.8) is 0 Å². The second-order valence-corrected chi connectivity index (χ2v) is 7.60. The lowest BCUT2D eigenvalue weighted by molar-refractivity contribution is -0.130. The number of hydrogen-bond acceptors (Lipinski definition) is 4. The molecular weight excluding hydrogens is 344 g/mol. The van der Waals surface area contributed by atoms with Crippen LogP contribution < -0.4 is 0 Å². The van der Waals surface area contributed by atoms with Gasteiger partial charge in [0.05, 0.1) is 13.1 Å². The monoisotopic (exact) mass is 368 g/mol. The normalized spacial score (nSPS) is 21.9. The third kappa shape index (κ3) is 3.56. The summed E-state index contributed by atoms with van der Waals surface area (Å²) in [6, 6.07) is 12.1. The standard InChI is InChI=1S/C21H24N2O4/c1-15-3-5-16(6-4-15)18-9-7-17(26-18)8-10-19(24)23-12-11-21(14-23)13-22(2)20(25)27-21/h3-7,9H,8,10-14H2,1-2H3/t21-/m1/s1. The molecule has 1 aromatic heterocycles. The SMILES string of the molecule is Cc1ccc(-c2ccc(CCC(=O)N3CC[C@@]4(CN(C)C(=O)O4)C3)o2)cc1. The summed E-state index contributed by atoms with van der Waals surface area (Å²) in [5.74, 6) is 1.70. The summed E-state index contributed by atoms with van der Waals surface area (Å²) in [5.41, 5.74) is 1.72. The van der Waals surface area contributed by atoms with Crippen LogP contribution in [-0.2, 0) is 16.0 Å². The smallest absolute Gasteiger partial charge is 0.410 e. The average molecular weight is 368 g/mol. The number of furan rings is 1. The maximum absolute atomic E-state index is 12.6. The number of carbonyl (C=O) groups excluding carboxylic acids is 2. The van der Waals surface area contributed by atoms with E-state index in [1.54, 1.807) is 16.8 Å². The van der Waals surface area contributed by atoms with Gasteiger partial charge in [-0.05, 0) is 19.1 Å². The molecule has 2 saturated heterocycles. The van der Waals surface area contributed by atoms with Gasteiger partial charge in [-0.25, -0.2) is 4.79 Å². The van der Waals surface area contributed by atoms with Gasteiger partial charge in [0.25, 0.3) is 0 Å². The van der Waals surface area contributed by atoms with Crippen molar-refractivity contribution in [1.29, 1.82) is 0 Å². The summed E-state index contributed by atoms with van der Waals surface area (Å²) in [7, 11) is 1.73. The number of benzene rings is 1. The minimum absolute atomic E-state index is 0.0748. The molecule has 2 fully saturated rings. The predicted molar refractivity (Wildman–Crippen MR) is 100 cm³/mol. The number of likely N-dealkylation sites (tertiary alicyclic amines) is 1. The first-order valence-electron chi connectivity index (χ1n) is 9.32. The summed E-state index contributed by atoms with van der Waals surface area (Å²) in [4.78, 5) is 27.6. The van der Waals surface area contributed by atoms with Crippen LogP contribution in [0.15, 0.2) is 40.8 Å². The number of amides is 2. The van der Waals surface area contributed by atoms with Gasteiger partial charge in [-0.2, -0.15) is 0 Å². The molecule has 0 bridgehead atoms. The molecule has 1 spiro atoms. The van der Waals surface area contributed by atoms with Gasteiger partial charge in [0.2, 0.25) is 5.91 Å². The lowest BCUT2D eigenvalue weighted by Gasteiger charge is -2.21. The molecule has 0 unspecified atom stereocenters. The molecule has 6 nitrogen and oxygen atoms in total. The van der Waals surface area contributed by atoms with Gasteiger partial charge in [-0.3, -0.25) is 4.79 Å². The van der Waals surface area contributed by atoms with Gasteiger partial charge in [-0.1, -0.05) is 29.8 Å². The lowest BCUT2D eigenvalue weighted by Crippen LogP contribution is -2.39. The fraction of sp³-hybridized carbons (Fsp3) is 0.429. The van der Waals surface area contributed by atoms with E-state index in [1.165, 1.54) is 5.56 Å². The van der Waals surface area contributed by atoms with E-state index >= 15 is 0 Å². The number of carbonyl (C=O) groups is 2. The molecule has 27 heavy (non-hydrogen) atoms. The topological polar surface area (TPSA) is 63.0 Å². The van der Waals surface area contributed by atoms with Gasteiger partial charge >= 0.3 is 6.09 Å².